The van der Waals surface area contributed by atoms with Crippen LogP contribution in [0.15, 0.2) is 53.7 Å². The molecule has 0 aliphatic rings. The van der Waals surface area contributed by atoms with Crippen molar-refractivity contribution < 1.29 is 9.90 Å². The SMILES string of the molecule is O=C([O-])c1cccnc1SCCc1ccccc1. The van der Waals surface area contributed by atoms with Gasteiger partial charge in [-0.3, -0.25) is 0 Å². The largest absolute Gasteiger partial charge is 0.545 e. The number of thioether (sulfide) groups is 1. The molecule has 0 unspecified atom stereocenters. The molecule has 4 heteroatoms. The van der Waals surface area contributed by atoms with E-state index in [1.165, 1.54) is 23.4 Å². The average Bonchev–Trinajstić information content (AvgIpc) is 2.40. The number of carboxylic acid groups (broad SMARTS) is 1. The van der Waals surface area contributed by atoms with Crippen LogP contribution in [0.5, 0.6) is 0 Å². The molecular weight excluding hydrogens is 246 g/mol. The third-order valence-electron chi connectivity index (χ3n) is 2.46. The van der Waals surface area contributed by atoms with Crippen LogP contribution in [0.25, 0.3) is 0 Å². The first kappa shape index (κ1) is 12.6. The van der Waals surface area contributed by atoms with E-state index in [4.69, 9.17) is 0 Å². The highest BCUT2D eigenvalue weighted by molar-refractivity contribution is 7.99. The van der Waals surface area contributed by atoms with Crippen molar-refractivity contribution in [2.24, 2.45) is 0 Å². The highest BCUT2D eigenvalue weighted by atomic mass is 32.2. The van der Waals surface area contributed by atoms with Crippen LogP contribution in [0.1, 0.15) is 15.9 Å². The number of aromatic nitrogens is 1. The van der Waals surface area contributed by atoms with Gasteiger partial charge in [0.15, 0.2) is 0 Å². The number of aryl methyl sites for hydroxylation is 1. The van der Waals surface area contributed by atoms with Gasteiger partial charge in [0.05, 0.1) is 5.97 Å². The molecule has 0 atom stereocenters. The highest BCUT2D eigenvalue weighted by Crippen LogP contribution is 2.20. The third-order valence-corrected chi connectivity index (χ3v) is 3.47. The Balaban J connectivity index is 1.97. The minimum Gasteiger partial charge on any atom is -0.545 e. The summed E-state index contributed by atoms with van der Waals surface area (Å²) in [4.78, 5) is 15.0. The van der Waals surface area contributed by atoms with E-state index < -0.39 is 5.97 Å². The maximum Gasteiger partial charge on any atom is 0.105 e. The van der Waals surface area contributed by atoms with Crippen LogP contribution in [-0.4, -0.2) is 16.7 Å². The predicted molar refractivity (Wildman–Crippen MR) is 69.4 cm³/mol. The lowest BCUT2D eigenvalue weighted by Crippen LogP contribution is -2.23. The van der Waals surface area contributed by atoms with Crippen molar-refractivity contribution in [3.8, 4) is 0 Å². The molecule has 0 spiro atoms. The molecule has 1 aromatic carbocycles. The van der Waals surface area contributed by atoms with Gasteiger partial charge in [-0.25, -0.2) is 4.98 Å². The van der Waals surface area contributed by atoms with Crippen molar-refractivity contribution in [1.82, 2.24) is 4.98 Å². The van der Waals surface area contributed by atoms with Crippen molar-refractivity contribution in [3.63, 3.8) is 0 Å². The van der Waals surface area contributed by atoms with Crippen LogP contribution in [0.4, 0.5) is 0 Å². The van der Waals surface area contributed by atoms with Crippen LogP contribution in [0.2, 0.25) is 0 Å². The van der Waals surface area contributed by atoms with E-state index in [-0.39, 0.29) is 5.56 Å². The van der Waals surface area contributed by atoms with E-state index in [0.29, 0.717) is 5.03 Å². The maximum atomic E-state index is 10.9. The molecule has 3 nitrogen and oxygen atoms in total. The van der Waals surface area contributed by atoms with Crippen molar-refractivity contribution >= 4 is 17.7 Å². The van der Waals surface area contributed by atoms with E-state index >= 15 is 0 Å². The lowest BCUT2D eigenvalue weighted by molar-refractivity contribution is -0.255. The first-order valence-corrected chi connectivity index (χ1v) is 6.59. The van der Waals surface area contributed by atoms with Gasteiger partial charge in [-0.15, -0.1) is 11.8 Å². The molecule has 0 saturated heterocycles. The molecule has 1 heterocycles. The van der Waals surface area contributed by atoms with Gasteiger partial charge in [0.1, 0.15) is 5.03 Å². The Labute approximate surface area is 110 Å². The molecule has 0 fully saturated rings. The first-order valence-electron chi connectivity index (χ1n) is 5.60. The number of carboxylic acids is 1. The van der Waals surface area contributed by atoms with Crippen LogP contribution < -0.4 is 5.11 Å². The first-order chi connectivity index (χ1) is 8.77. The summed E-state index contributed by atoms with van der Waals surface area (Å²) in [6, 6.07) is 13.2. The molecule has 92 valence electrons. The summed E-state index contributed by atoms with van der Waals surface area (Å²) in [6.45, 7) is 0. The fourth-order valence-corrected chi connectivity index (χ4v) is 2.54. The molecular formula is C14H12NO2S-. The quantitative estimate of drug-likeness (QED) is 0.767. The minimum absolute atomic E-state index is 0.163. The fraction of sp³-hybridized carbons (Fsp3) is 0.143. The van der Waals surface area contributed by atoms with Gasteiger partial charge in [0.2, 0.25) is 0 Å². The number of carbonyl (C=O) groups excluding carboxylic acids is 1. The molecule has 18 heavy (non-hydrogen) atoms. The number of hydrogen-bond acceptors (Lipinski definition) is 4. The standard InChI is InChI=1S/C14H13NO2S/c16-14(17)12-7-4-9-15-13(12)18-10-8-11-5-2-1-3-6-11/h1-7,9H,8,10H2,(H,16,17)/p-1. The van der Waals surface area contributed by atoms with Crippen LogP contribution >= 0.6 is 11.8 Å². The second-order valence-electron chi connectivity index (χ2n) is 3.73. The zero-order valence-electron chi connectivity index (χ0n) is 9.70. The Bertz CT molecular complexity index is 528. The number of pyridine rings is 1. The molecule has 0 aliphatic heterocycles. The summed E-state index contributed by atoms with van der Waals surface area (Å²) >= 11 is 1.44. The third kappa shape index (κ3) is 3.34. The molecule has 2 aromatic rings. The molecule has 0 N–H and O–H groups in total. The van der Waals surface area contributed by atoms with Gasteiger partial charge in [-0.05, 0) is 24.1 Å². The molecule has 0 aliphatic carbocycles. The van der Waals surface area contributed by atoms with Crippen molar-refractivity contribution in [2.45, 2.75) is 11.4 Å². The number of benzene rings is 1. The summed E-state index contributed by atoms with van der Waals surface area (Å²) in [7, 11) is 0. The van der Waals surface area contributed by atoms with Crippen LogP contribution in [0, 0.1) is 0 Å². The number of carbonyl (C=O) groups is 1. The normalized spacial score (nSPS) is 10.2. The molecule has 0 amide bonds. The minimum atomic E-state index is -1.18. The van der Waals surface area contributed by atoms with Crippen molar-refractivity contribution in [2.75, 3.05) is 5.75 Å². The second-order valence-corrected chi connectivity index (χ2v) is 4.81. The van der Waals surface area contributed by atoms with Gasteiger partial charge in [0, 0.05) is 17.5 Å². The summed E-state index contributed by atoms with van der Waals surface area (Å²) < 4.78 is 0. The van der Waals surface area contributed by atoms with Crippen LogP contribution in [-0.2, 0) is 6.42 Å². The smallest absolute Gasteiger partial charge is 0.105 e. The summed E-state index contributed by atoms with van der Waals surface area (Å²) in [5, 5.41) is 11.4. The lowest BCUT2D eigenvalue weighted by atomic mass is 10.2. The van der Waals surface area contributed by atoms with Crippen LogP contribution in [0.3, 0.4) is 0 Å². The zero-order chi connectivity index (χ0) is 12.8. The topological polar surface area (TPSA) is 53.0 Å². The van der Waals surface area contributed by atoms with E-state index in [1.54, 1.807) is 12.3 Å². The van der Waals surface area contributed by atoms with Gasteiger partial charge in [0.25, 0.3) is 0 Å². The Kier molecular flexibility index (Phi) is 4.36. The van der Waals surface area contributed by atoms with E-state index in [0.717, 1.165) is 12.2 Å². The molecule has 0 radical (unpaired) electrons. The van der Waals surface area contributed by atoms with Crippen molar-refractivity contribution in [1.29, 1.82) is 0 Å². The summed E-state index contributed by atoms with van der Waals surface area (Å²) in [6.07, 6.45) is 2.48. The molecule has 1 aromatic heterocycles. The number of rotatable bonds is 5. The molecule has 2 rings (SSSR count). The summed E-state index contributed by atoms with van der Waals surface area (Å²) in [5.74, 6) is -0.383. The van der Waals surface area contributed by atoms with Crippen molar-refractivity contribution in [3.05, 3.63) is 59.8 Å². The average molecular weight is 258 g/mol. The van der Waals surface area contributed by atoms with E-state index in [9.17, 15) is 9.90 Å². The number of aromatic carboxylic acids is 1. The highest BCUT2D eigenvalue weighted by Gasteiger charge is 2.04. The monoisotopic (exact) mass is 258 g/mol. The zero-order valence-corrected chi connectivity index (χ0v) is 10.5. The lowest BCUT2D eigenvalue weighted by Gasteiger charge is -2.08. The maximum absolute atomic E-state index is 10.9. The summed E-state index contributed by atoms with van der Waals surface area (Å²) in [5.41, 5.74) is 1.39. The fourth-order valence-electron chi connectivity index (χ4n) is 1.57. The van der Waals surface area contributed by atoms with E-state index in [2.05, 4.69) is 17.1 Å². The van der Waals surface area contributed by atoms with Gasteiger partial charge >= 0.3 is 0 Å². The predicted octanol–water partition coefficient (Wildman–Crippen LogP) is 1.78. The Hall–Kier alpha value is -1.81. The van der Waals surface area contributed by atoms with Gasteiger partial charge in [-0.2, -0.15) is 0 Å². The van der Waals surface area contributed by atoms with Gasteiger partial charge in [-0.1, -0.05) is 30.3 Å². The number of hydrogen-bond donors (Lipinski definition) is 0. The Morgan fingerprint density at radius 2 is 1.94 bits per heavy atom. The van der Waals surface area contributed by atoms with E-state index in [1.807, 2.05) is 18.2 Å². The molecule has 0 bridgehead atoms. The second kappa shape index (κ2) is 6.21. The Morgan fingerprint density at radius 3 is 2.67 bits per heavy atom. The Morgan fingerprint density at radius 1 is 1.17 bits per heavy atom. The van der Waals surface area contributed by atoms with Gasteiger partial charge < -0.3 is 9.90 Å². The molecule has 0 saturated carbocycles. The number of nitrogens with zero attached hydrogens (tertiary/aromatic N) is 1.